The van der Waals surface area contributed by atoms with Crippen LogP contribution in [-0.2, 0) is 16.0 Å². The first-order valence-corrected chi connectivity index (χ1v) is 15.4. The number of rotatable bonds is 9. The fourth-order valence-corrected chi connectivity index (χ4v) is 7.24. The molecule has 1 saturated carbocycles. The van der Waals surface area contributed by atoms with Crippen LogP contribution in [0.15, 0.2) is 30.5 Å². The second kappa shape index (κ2) is 11.3. The Labute approximate surface area is 257 Å². The van der Waals surface area contributed by atoms with Gasteiger partial charge in [0, 0.05) is 31.3 Å². The molecule has 2 aliphatic heterocycles. The van der Waals surface area contributed by atoms with Gasteiger partial charge in [-0.05, 0) is 72.7 Å². The Morgan fingerprint density at radius 1 is 1.24 bits per heavy atom. The van der Waals surface area contributed by atoms with Gasteiger partial charge in [0.25, 0.3) is 0 Å². The van der Waals surface area contributed by atoms with Gasteiger partial charge in [-0.2, -0.15) is 9.97 Å². The molecule has 3 fully saturated rings. The Kier molecular flexibility index (Phi) is 7.42. The van der Waals surface area contributed by atoms with E-state index in [0.717, 1.165) is 19.4 Å². The highest BCUT2D eigenvalue weighted by Crippen LogP contribution is 2.42. The number of anilines is 1. The van der Waals surface area contributed by atoms with E-state index in [-0.39, 0.29) is 64.2 Å². The van der Waals surface area contributed by atoms with E-state index in [1.54, 1.807) is 13.0 Å². The molecule has 0 unspecified atom stereocenters. The van der Waals surface area contributed by atoms with Gasteiger partial charge in [-0.25, -0.2) is 13.2 Å². The van der Waals surface area contributed by atoms with Crippen LogP contribution in [0.2, 0.25) is 0 Å². The predicted molar refractivity (Wildman–Crippen MR) is 162 cm³/mol. The van der Waals surface area contributed by atoms with Crippen LogP contribution < -0.4 is 10.1 Å². The molecule has 0 spiro atoms. The first-order valence-electron chi connectivity index (χ1n) is 15.4. The summed E-state index contributed by atoms with van der Waals surface area (Å²) in [5.74, 6) is -1.53. The number of pyridine rings is 1. The predicted octanol–water partition coefficient (Wildman–Crippen LogP) is 5.57. The summed E-state index contributed by atoms with van der Waals surface area (Å²) in [6.07, 6.45) is 3.58. The molecule has 2 aromatic carbocycles. The van der Waals surface area contributed by atoms with Crippen LogP contribution in [0.5, 0.6) is 11.8 Å². The molecule has 0 radical (unpaired) electrons. The van der Waals surface area contributed by atoms with Crippen molar-refractivity contribution in [2.24, 2.45) is 11.8 Å². The largest absolute Gasteiger partial charge is 0.508 e. The van der Waals surface area contributed by atoms with Crippen LogP contribution in [0.1, 0.15) is 38.2 Å². The summed E-state index contributed by atoms with van der Waals surface area (Å²) in [4.78, 5) is 27.5. The number of carbonyl (C=O) groups excluding carboxylic acids is 1. The fraction of sp³-hybridized carbons (Fsp3) is 0.455. The van der Waals surface area contributed by atoms with Gasteiger partial charge in [0.2, 0.25) is 0 Å². The molecule has 0 amide bonds. The standard InChI is InChI=1S/C33H34F3N5O4/c1-3-21-25(35)6-5-17-9-20(42)11-23(26(17)21)28-27(36)29-24(14-37-28)30(38-13-18-10-22(18)31(43)44-2)40-32(39-29)45-16-33-7-4-8-41(33)15-19(34)12-33/h5-6,9,11,14,18-19,22,42H,3-4,7-8,10,12-13,15-16H2,1-2H3,(H,38,39,40)/t18-,19+,22+,33-/m0/s1. The number of fused-ring (bicyclic) bond motifs is 3. The van der Waals surface area contributed by atoms with Crippen molar-refractivity contribution in [2.45, 2.75) is 50.7 Å². The lowest BCUT2D eigenvalue weighted by molar-refractivity contribution is -0.142. The Bertz CT molecular complexity index is 1820. The number of phenols is 1. The SMILES string of the molecule is CCc1c(F)ccc2cc(O)cc(-c3ncc4c(NC[C@@H]5C[C@H]5C(=O)OC)nc(OC[C@@]56CCCN5C[C@H](F)C6)nc4c3F)c12. The van der Waals surface area contributed by atoms with Crippen LogP contribution in [0.25, 0.3) is 32.9 Å². The smallest absolute Gasteiger partial charge is 0.319 e. The maximum Gasteiger partial charge on any atom is 0.319 e. The summed E-state index contributed by atoms with van der Waals surface area (Å²) in [7, 11) is 1.35. The molecule has 2 N–H and O–H groups in total. The lowest BCUT2D eigenvalue weighted by atomic mass is 9.94. The monoisotopic (exact) mass is 621 g/mol. The number of carbonyl (C=O) groups is 1. The highest BCUT2D eigenvalue weighted by molar-refractivity contribution is 6.01. The maximum atomic E-state index is 16.6. The van der Waals surface area contributed by atoms with E-state index in [4.69, 9.17) is 9.47 Å². The van der Waals surface area contributed by atoms with Crippen LogP contribution in [0.3, 0.4) is 0 Å². The number of aromatic hydroxyl groups is 1. The van der Waals surface area contributed by atoms with Crippen LogP contribution in [0, 0.1) is 23.5 Å². The third-order valence-electron chi connectivity index (χ3n) is 9.61. The molecule has 4 aromatic rings. The zero-order valence-electron chi connectivity index (χ0n) is 25.1. The molecule has 2 aromatic heterocycles. The first-order chi connectivity index (χ1) is 21.7. The van der Waals surface area contributed by atoms with Gasteiger partial charge in [-0.15, -0.1) is 0 Å². The summed E-state index contributed by atoms with van der Waals surface area (Å²) >= 11 is 0. The van der Waals surface area contributed by atoms with Crippen molar-refractivity contribution in [3.8, 4) is 23.0 Å². The molecule has 7 rings (SSSR count). The average molecular weight is 622 g/mol. The summed E-state index contributed by atoms with van der Waals surface area (Å²) in [6, 6.07) is 5.67. The number of hydrogen-bond acceptors (Lipinski definition) is 9. The number of methoxy groups -OCH3 is 1. The molecular weight excluding hydrogens is 587 g/mol. The molecule has 236 valence electrons. The average Bonchev–Trinajstić information content (AvgIpc) is 3.61. The highest BCUT2D eigenvalue weighted by Gasteiger charge is 2.49. The molecule has 1 aliphatic carbocycles. The molecule has 45 heavy (non-hydrogen) atoms. The molecule has 9 nitrogen and oxygen atoms in total. The Hall–Kier alpha value is -4.19. The van der Waals surface area contributed by atoms with Crippen LogP contribution >= 0.6 is 0 Å². The van der Waals surface area contributed by atoms with Gasteiger partial charge in [0.15, 0.2) is 5.82 Å². The van der Waals surface area contributed by atoms with Crippen LogP contribution in [-0.4, -0.2) is 76.0 Å². The van der Waals surface area contributed by atoms with E-state index in [1.807, 2.05) is 0 Å². The Morgan fingerprint density at radius 3 is 2.89 bits per heavy atom. The van der Waals surface area contributed by atoms with Gasteiger partial charge in [0.1, 0.15) is 41.4 Å². The number of nitrogens with one attached hydrogen (secondary N) is 1. The summed E-state index contributed by atoms with van der Waals surface area (Å²) < 4.78 is 56.9. The minimum atomic E-state index is -0.939. The molecular formula is C33H34F3N5O4. The molecule has 12 heteroatoms. The number of benzene rings is 2. The summed E-state index contributed by atoms with van der Waals surface area (Å²) in [6.45, 7) is 3.49. The normalized spacial score (nSPS) is 24.2. The second-order valence-electron chi connectivity index (χ2n) is 12.4. The van der Waals surface area contributed by atoms with Gasteiger partial charge < -0.3 is 19.9 Å². The van der Waals surface area contributed by atoms with Gasteiger partial charge in [-0.3, -0.25) is 14.7 Å². The zero-order chi connectivity index (χ0) is 31.5. The van der Waals surface area contributed by atoms with Gasteiger partial charge in [-0.1, -0.05) is 13.0 Å². The van der Waals surface area contributed by atoms with E-state index < -0.39 is 23.3 Å². The van der Waals surface area contributed by atoms with Gasteiger partial charge >= 0.3 is 12.0 Å². The lowest BCUT2D eigenvalue weighted by Gasteiger charge is -2.30. The maximum absolute atomic E-state index is 16.6. The van der Waals surface area contributed by atoms with Crippen molar-refractivity contribution < 1.29 is 32.5 Å². The number of hydrogen-bond donors (Lipinski definition) is 2. The lowest BCUT2D eigenvalue weighted by Crippen LogP contribution is -2.43. The van der Waals surface area contributed by atoms with Crippen LogP contribution in [0.4, 0.5) is 19.0 Å². The number of aryl methyl sites for hydroxylation is 1. The number of ether oxygens (including phenoxy) is 2. The van der Waals surface area contributed by atoms with Crippen molar-refractivity contribution >= 4 is 33.5 Å². The number of alkyl halides is 1. The molecule has 4 heterocycles. The van der Waals surface area contributed by atoms with Gasteiger partial charge in [0.05, 0.1) is 24.0 Å². The molecule has 2 saturated heterocycles. The second-order valence-corrected chi connectivity index (χ2v) is 12.4. The summed E-state index contributed by atoms with van der Waals surface area (Å²) in [5, 5.41) is 15.0. The van der Waals surface area contributed by atoms with Crippen molar-refractivity contribution in [3.63, 3.8) is 0 Å². The topological polar surface area (TPSA) is 110 Å². The molecule has 4 atom stereocenters. The van der Waals surface area contributed by atoms with E-state index in [9.17, 15) is 18.7 Å². The van der Waals surface area contributed by atoms with Crippen molar-refractivity contribution in [2.75, 3.05) is 38.7 Å². The zero-order valence-corrected chi connectivity index (χ0v) is 25.1. The van der Waals surface area contributed by atoms with E-state index in [0.29, 0.717) is 48.7 Å². The van der Waals surface area contributed by atoms with E-state index >= 15 is 4.39 Å². The number of esters is 1. The third kappa shape index (κ3) is 5.18. The quantitative estimate of drug-likeness (QED) is 0.232. The van der Waals surface area contributed by atoms with E-state index in [1.165, 1.54) is 31.5 Å². The number of aromatic nitrogens is 3. The number of halogens is 3. The first kappa shape index (κ1) is 29.5. The summed E-state index contributed by atoms with van der Waals surface area (Å²) in [5.41, 5.74) is -0.0321. The van der Waals surface area contributed by atoms with Crippen molar-refractivity contribution in [1.29, 1.82) is 0 Å². The van der Waals surface area contributed by atoms with Crippen molar-refractivity contribution in [3.05, 3.63) is 47.7 Å². The minimum absolute atomic E-state index is 0.0239. The minimum Gasteiger partial charge on any atom is -0.508 e. The third-order valence-corrected chi connectivity index (χ3v) is 9.61. The molecule has 3 aliphatic rings. The van der Waals surface area contributed by atoms with Crippen molar-refractivity contribution in [1.82, 2.24) is 19.9 Å². The Balaban J connectivity index is 1.31. The fourth-order valence-electron chi connectivity index (χ4n) is 7.24. The van der Waals surface area contributed by atoms with E-state index in [2.05, 4.69) is 25.2 Å². The molecule has 0 bridgehead atoms. The Morgan fingerprint density at radius 2 is 2.09 bits per heavy atom. The highest BCUT2D eigenvalue weighted by atomic mass is 19.1. The number of nitrogens with zero attached hydrogens (tertiary/aromatic N) is 4. The number of phenolic OH excluding ortho intramolecular Hbond substituents is 1.